The number of nitrogens with zero attached hydrogens (tertiary/aromatic N) is 1. The minimum absolute atomic E-state index is 0.162. The molecule has 3 N–H and O–H groups in total. The second kappa shape index (κ2) is 6.86. The molecule has 1 amide bonds. The van der Waals surface area contributed by atoms with Gasteiger partial charge in [0.15, 0.2) is 0 Å². The predicted octanol–water partition coefficient (Wildman–Crippen LogP) is 0.959. The van der Waals surface area contributed by atoms with E-state index in [1.54, 1.807) is 18.2 Å². The number of nitrogens with two attached hydrogens (primary N) is 1. The van der Waals surface area contributed by atoms with Gasteiger partial charge < -0.3 is 20.7 Å². The molecule has 0 aromatic heterocycles. The third-order valence-corrected chi connectivity index (χ3v) is 2.60. The standard InChI is InChI=1S/C13H21N3O2/c1-16(2)9-5-8-15-13(17)10-6-4-7-11(18-3)12(10)14/h4,6-7H,5,8-9,14H2,1-3H3,(H,15,17). The molecule has 18 heavy (non-hydrogen) atoms. The smallest absolute Gasteiger partial charge is 0.253 e. The minimum Gasteiger partial charge on any atom is -0.495 e. The highest BCUT2D eigenvalue weighted by Crippen LogP contribution is 2.24. The quantitative estimate of drug-likeness (QED) is 0.583. The number of carbonyl (C=O) groups excluding carboxylic acids is 1. The number of amides is 1. The van der Waals surface area contributed by atoms with Gasteiger partial charge in [-0.25, -0.2) is 0 Å². The third kappa shape index (κ3) is 3.92. The number of carbonyl (C=O) groups is 1. The van der Waals surface area contributed by atoms with Gasteiger partial charge in [-0.05, 0) is 39.2 Å². The number of anilines is 1. The van der Waals surface area contributed by atoms with Crippen LogP contribution in [0.1, 0.15) is 16.8 Å². The molecule has 5 heteroatoms. The molecular formula is C13H21N3O2. The van der Waals surface area contributed by atoms with Crippen LogP contribution in [0.5, 0.6) is 5.75 Å². The molecule has 0 radical (unpaired) electrons. The number of para-hydroxylation sites is 1. The average molecular weight is 251 g/mol. The van der Waals surface area contributed by atoms with Crippen LogP contribution in [0.4, 0.5) is 5.69 Å². The Morgan fingerprint density at radius 2 is 2.17 bits per heavy atom. The molecule has 0 aliphatic carbocycles. The van der Waals surface area contributed by atoms with E-state index in [4.69, 9.17) is 10.5 Å². The summed E-state index contributed by atoms with van der Waals surface area (Å²) < 4.78 is 5.08. The summed E-state index contributed by atoms with van der Waals surface area (Å²) in [5.41, 5.74) is 6.69. The van der Waals surface area contributed by atoms with Crippen LogP contribution >= 0.6 is 0 Å². The molecule has 0 saturated heterocycles. The number of hydrogen-bond acceptors (Lipinski definition) is 4. The van der Waals surface area contributed by atoms with Crippen molar-refractivity contribution in [2.75, 3.05) is 40.0 Å². The normalized spacial score (nSPS) is 10.4. The fraction of sp³-hybridized carbons (Fsp3) is 0.462. The summed E-state index contributed by atoms with van der Waals surface area (Å²) in [5.74, 6) is 0.362. The molecule has 0 spiro atoms. The number of nitrogens with one attached hydrogen (secondary N) is 1. The molecule has 0 unspecified atom stereocenters. The molecule has 0 aliphatic heterocycles. The van der Waals surface area contributed by atoms with E-state index in [9.17, 15) is 4.79 Å². The maximum absolute atomic E-state index is 11.9. The van der Waals surface area contributed by atoms with Crippen molar-refractivity contribution < 1.29 is 9.53 Å². The fourth-order valence-electron chi connectivity index (χ4n) is 1.61. The largest absolute Gasteiger partial charge is 0.495 e. The SMILES string of the molecule is COc1cccc(C(=O)NCCCN(C)C)c1N. The van der Waals surface area contributed by atoms with Crippen LogP contribution in [-0.4, -0.2) is 45.1 Å². The molecule has 0 bridgehead atoms. The lowest BCUT2D eigenvalue weighted by atomic mass is 10.1. The third-order valence-electron chi connectivity index (χ3n) is 2.60. The highest BCUT2D eigenvalue weighted by Gasteiger charge is 2.12. The molecule has 0 saturated carbocycles. The summed E-state index contributed by atoms with van der Waals surface area (Å²) >= 11 is 0. The van der Waals surface area contributed by atoms with Crippen molar-refractivity contribution in [2.24, 2.45) is 0 Å². The Kier molecular flexibility index (Phi) is 5.45. The molecule has 0 fully saturated rings. The summed E-state index contributed by atoms with van der Waals surface area (Å²) in [6.07, 6.45) is 0.905. The van der Waals surface area contributed by atoms with Crippen LogP contribution in [-0.2, 0) is 0 Å². The van der Waals surface area contributed by atoms with Crippen molar-refractivity contribution in [3.05, 3.63) is 23.8 Å². The Balaban J connectivity index is 2.56. The van der Waals surface area contributed by atoms with E-state index in [2.05, 4.69) is 10.2 Å². The highest BCUT2D eigenvalue weighted by molar-refractivity contribution is 6.00. The summed E-state index contributed by atoms with van der Waals surface area (Å²) in [6.45, 7) is 1.57. The maximum Gasteiger partial charge on any atom is 0.253 e. The Morgan fingerprint density at radius 1 is 1.44 bits per heavy atom. The van der Waals surface area contributed by atoms with Gasteiger partial charge >= 0.3 is 0 Å². The van der Waals surface area contributed by atoms with E-state index in [1.165, 1.54) is 7.11 Å². The number of methoxy groups -OCH3 is 1. The van der Waals surface area contributed by atoms with Gasteiger partial charge in [-0.15, -0.1) is 0 Å². The Hall–Kier alpha value is -1.75. The average Bonchev–Trinajstić information content (AvgIpc) is 2.34. The molecule has 100 valence electrons. The van der Waals surface area contributed by atoms with Gasteiger partial charge in [-0.1, -0.05) is 6.07 Å². The van der Waals surface area contributed by atoms with Crippen molar-refractivity contribution in [3.63, 3.8) is 0 Å². The second-order valence-electron chi connectivity index (χ2n) is 4.33. The van der Waals surface area contributed by atoms with E-state index in [1.807, 2.05) is 14.1 Å². The van der Waals surface area contributed by atoms with E-state index in [0.29, 0.717) is 23.5 Å². The van der Waals surface area contributed by atoms with Gasteiger partial charge in [0.05, 0.1) is 18.4 Å². The van der Waals surface area contributed by atoms with Crippen LogP contribution in [0, 0.1) is 0 Å². The molecule has 0 aliphatic rings. The van der Waals surface area contributed by atoms with Crippen molar-refractivity contribution >= 4 is 11.6 Å². The van der Waals surface area contributed by atoms with Crippen LogP contribution in [0.25, 0.3) is 0 Å². The Morgan fingerprint density at radius 3 is 2.78 bits per heavy atom. The van der Waals surface area contributed by atoms with E-state index < -0.39 is 0 Å². The summed E-state index contributed by atoms with van der Waals surface area (Å²) in [6, 6.07) is 5.18. The molecule has 0 atom stereocenters. The Bertz CT molecular complexity index is 405. The number of benzene rings is 1. The maximum atomic E-state index is 11.9. The second-order valence-corrected chi connectivity index (χ2v) is 4.33. The summed E-state index contributed by atoms with van der Waals surface area (Å²) in [4.78, 5) is 14.0. The highest BCUT2D eigenvalue weighted by atomic mass is 16.5. The van der Waals surface area contributed by atoms with Crippen molar-refractivity contribution in [1.29, 1.82) is 0 Å². The lowest BCUT2D eigenvalue weighted by Gasteiger charge is -2.12. The zero-order chi connectivity index (χ0) is 13.5. The first-order chi connectivity index (χ1) is 8.56. The van der Waals surface area contributed by atoms with E-state index in [-0.39, 0.29) is 5.91 Å². The molecule has 1 aromatic rings. The summed E-state index contributed by atoms with van der Waals surface area (Å²) in [7, 11) is 5.54. The van der Waals surface area contributed by atoms with Gasteiger partial charge in [0.25, 0.3) is 5.91 Å². The first kappa shape index (κ1) is 14.3. The molecular weight excluding hydrogens is 230 g/mol. The van der Waals surface area contributed by atoms with E-state index >= 15 is 0 Å². The van der Waals surface area contributed by atoms with E-state index in [0.717, 1.165) is 13.0 Å². The molecule has 1 aromatic carbocycles. The topological polar surface area (TPSA) is 67.6 Å². The van der Waals surface area contributed by atoms with Gasteiger partial charge in [-0.2, -0.15) is 0 Å². The summed E-state index contributed by atoms with van der Waals surface area (Å²) in [5, 5.41) is 2.85. The van der Waals surface area contributed by atoms with Crippen molar-refractivity contribution in [3.8, 4) is 5.75 Å². The number of nitrogen functional groups attached to an aromatic ring is 1. The van der Waals surface area contributed by atoms with Crippen LogP contribution in [0.2, 0.25) is 0 Å². The fourth-order valence-corrected chi connectivity index (χ4v) is 1.61. The zero-order valence-corrected chi connectivity index (χ0v) is 11.2. The monoisotopic (exact) mass is 251 g/mol. The number of hydrogen-bond donors (Lipinski definition) is 2. The van der Waals surface area contributed by atoms with Gasteiger partial charge in [0.2, 0.25) is 0 Å². The van der Waals surface area contributed by atoms with Crippen molar-refractivity contribution in [2.45, 2.75) is 6.42 Å². The first-order valence-corrected chi connectivity index (χ1v) is 5.91. The molecule has 1 rings (SSSR count). The Labute approximate surface area is 108 Å². The van der Waals surface area contributed by atoms with Crippen LogP contribution < -0.4 is 15.8 Å². The zero-order valence-electron chi connectivity index (χ0n) is 11.2. The lowest BCUT2D eigenvalue weighted by Crippen LogP contribution is -2.27. The van der Waals surface area contributed by atoms with Gasteiger partial charge in [0, 0.05) is 6.54 Å². The predicted molar refractivity (Wildman–Crippen MR) is 72.9 cm³/mol. The first-order valence-electron chi connectivity index (χ1n) is 5.91. The van der Waals surface area contributed by atoms with Crippen LogP contribution in [0.15, 0.2) is 18.2 Å². The number of rotatable bonds is 6. The van der Waals surface area contributed by atoms with Gasteiger partial charge in [0.1, 0.15) is 5.75 Å². The number of ether oxygens (including phenoxy) is 1. The molecule has 5 nitrogen and oxygen atoms in total. The minimum atomic E-state index is -0.162. The van der Waals surface area contributed by atoms with Crippen LogP contribution in [0.3, 0.4) is 0 Å². The molecule has 0 heterocycles. The van der Waals surface area contributed by atoms with Gasteiger partial charge in [-0.3, -0.25) is 4.79 Å². The van der Waals surface area contributed by atoms with Crippen molar-refractivity contribution in [1.82, 2.24) is 10.2 Å². The lowest BCUT2D eigenvalue weighted by molar-refractivity contribution is 0.0953.